The number of aliphatic hydroxyl groups is 1. The van der Waals surface area contributed by atoms with Gasteiger partial charge in [0.2, 0.25) is 0 Å². The molecule has 0 bridgehead atoms. The van der Waals surface area contributed by atoms with Gasteiger partial charge in [-0.1, -0.05) is 25.6 Å². The van der Waals surface area contributed by atoms with E-state index < -0.39 is 0 Å². The maximum absolute atomic E-state index is 9.47. The Bertz CT molecular complexity index is 356. The number of aromatic nitrogens is 3. The molecule has 104 valence electrons. The van der Waals surface area contributed by atoms with Gasteiger partial charge in [-0.2, -0.15) is 0 Å². The normalized spacial score (nSPS) is 15.0. The fourth-order valence-electron chi connectivity index (χ4n) is 1.92. The molecule has 1 atom stereocenters. The molecule has 18 heavy (non-hydrogen) atoms. The molecule has 0 aliphatic rings. The summed E-state index contributed by atoms with van der Waals surface area (Å²) in [4.78, 5) is 0. The Kier molecular flexibility index (Phi) is 6.11. The molecule has 0 radical (unpaired) electrons. The molecular formula is C12H24N4OS. The monoisotopic (exact) mass is 272 g/mol. The zero-order valence-corrected chi connectivity index (χ0v) is 12.5. The van der Waals surface area contributed by atoms with Crippen molar-refractivity contribution in [3.63, 3.8) is 0 Å². The molecule has 0 saturated heterocycles. The Morgan fingerprint density at radius 1 is 1.56 bits per heavy atom. The van der Waals surface area contributed by atoms with Crippen molar-refractivity contribution >= 4 is 11.8 Å². The molecule has 0 fully saturated rings. The largest absolute Gasteiger partial charge is 0.394 e. The Morgan fingerprint density at radius 2 is 2.28 bits per heavy atom. The van der Waals surface area contributed by atoms with Gasteiger partial charge in [-0.3, -0.25) is 0 Å². The van der Waals surface area contributed by atoms with Crippen LogP contribution in [-0.4, -0.2) is 43.8 Å². The molecule has 0 aromatic carbocycles. The molecule has 0 saturated carbocycles. The smallest absolute Gasteiger partial charge is 0.190 e. The van der Waals surface area contributed by atoms with Crippen molar-refractivity contribution in [3.8, 4) is 0 Å². The number of nitrogens with zero attached hydrogens (tertiary/aromatic N) is 3. The second-order valence-corrected chi connectivity index (χ2v) is 6.26. The van der Waals surface area contributed by atoms with Crippen molar-refractivity contribution in [1.29, 1.82) is 0 Å². The van der Waals surface area contributed by atoms with E-state index in [1.165, 1.54) is 0 Å². The van der Waals surface area contributed by atoms with E-state index in [-0.39, 0.29) is 12.1 Å². The van der Waals surface area contributed by atoms with E-state index in [0.29, 0.717) is 6.04 Å². The molecule has 0 aliphatic heterocycles. The number of aliphatic hydroxyl groups excluding tert-OH is 1. The summed E-state index contributed by atoms with van der Waals surface area (Å²) in [5.41, 5.74) is -0.186. The third kappa shape index (κ3) is 4.96. The summed E-state index contributed by atoms with van der Waals surface area (Å²) in [7, 11) is 1.94. The summed E-state index contributed by atoms with van der Waals surface area (Å²) in [6, 6.07) is 0.383. The Labute approximate surface area is 113 Å². The predicted octanol–water partition coefficient (Wildman–Crippen LogP) is 1.44. The third-order valence-corrected chi connectivity index (χ3v) is 3.88. The lowest BCUT2D eigenvalue weighted by Crippen LogP contribution is -2.49. The van der Waals surface area contributed by atoms with Gasteiger partial charge in [0.1, 0.15) is 6.33 Å². The van der Waals surface area contributed by atoms with Gasteiger partial charge in [0.25, 0.3) is 0 Å². The van der Waals surface area contributed by atoms with Crippen LogP contribution in [0.2, 0.25) is 0 Å². The van der Waals surface area contributed by atoms with E-state index in [9.17, 15) is 5.11 Å². The minimum atomic E-state index is -0.186. The molecule has 1 aromatic heterocycles. The summed E-state index contributed by atoms with van der Waals surface area (Å²) in [6.07, 6.45) is 3.70. The van der Waals surface area contributed by atoms with Crippen LogP contribution in [0.15, 0.2) is 11.5 Å². The zero-order chi connectivity index (χ0) is 13.6. The second kappa shape index (κ2) is 7.11. The van der Waals surface area contributed by atoms with Crippen LogP contribution in [-0.2, 0) is 7.05 Å². The van der Waals surface area contributed by atoms with Gasteiger partial charge in [0.05, 0.1) is 6.61 Å². The van der Waals surface area contributed by atoms with Crippen molar-refractivity contribution in [1.82, 2.24) is 20.1 Å². The van der Waals surface area contributed by atoms with Crippen molar-refractivity contribution in [2.75, 3.05) is 12.4 Å². The maximum Gasteiger partial charge on any atom is 0.190 e. The van der Waals surface area contributed by atoms with Crippen LogP contribution in [0.5, 0.6) is 0 Å². The minimum absolute atomic E-state index is 0.166. The van der Waals surface area contributed by atoms with E-state index in [2.05, 4.69) is 36.3 Å². The van der Waals surface area contributed by atoms with Crippen LogP contribution in [0.3, 0.4) is 0 Å². The van der Waals surface area contributed by atoms with Crippen LogP contribution in [0.25, 0.3) is 0 Å². The van der Waals surface area contributed by atoms with Crippen molar-refractivity contribution < 1.29 is 5.11 Å². The topological polar surface area (TPSA) is 63.0 Å². The quantitative estimate of drug-likeness (QED) is 0.554. The van der Waals surface area contributed by atoms with Crippen molar-refractivity contribution in [2.24, 2.45) is 7.05 Å². The molecule has 1 aromatic rings. The predicted molar refractivity (Wildman–Crippen MR) is 74.7 cm³/mol. The van der Waals surface area contributed by atoms with E-state index in [1.54, 1.807) is 18.1 Å². The lowest BCUT2D eigenvalue weighted by atomic mass is 9.96. The first-order chi connectivity index (χ1) is 8.47. The maximum atomic E-state index is 9.47. The summed E-state index contributed by atoms with van der Waals surface area (Å²) in [6.45, 7) is 6.43. The summed E-state index contributed by atoms with van der Waals surface area (Å²) in [5, 5.41) is 21.7. The van der Waals surface area contributed by atoms with E-state index >= 15 is 0 Å². The summed E-state index contributed by atoms with van der Waals surface area (Å²) < 4.78 is 1.92. The lowest BCUT2D eigenvalue weighted by Gasteiger charge is -2.31. The van der Waals surface area contributed by atoms with Gasteiger partial charge in [-0.05, 0) is 19.8 Å². The number of rotatable bonds is 8. The molecule has 5 nitrogen and oxygen atoms in total. The van der Waals surface area contributed by atoms with Crippen molar-refractivity contribution in [3.05, 3.63) is 6.33 Å². The lowest BCUT2D eigenvalue weighted by molar-refractivity contribution is 0.156. The molecule has 0 amide bonds. The van der Waals surface area contributed by atoms with Gasteiger partial charge in [0.15, 0.2) is 5.16 Å². The summed E-state index contributed by atoms with van der Waals surface area (Å²) in [5.74, 6) is 0.988. The molecule has 6 heteroatoms. The average molecular weight is 272 g/mol. The first kappa shape index (κ1) is 15.5. The van der Waals surface area contributed by atoms with Gasteiger partial charge in [-0.15, -0.1) is 10.2 Å². The van der Waals surface area contributed by atoms with E-state index in [0.717, 1.165) is 23.8 Å². The molecular weight excluding hydrogens is 248 g/mol. The molecule has 2 N–H and O–H groups in total. The SMILES string of the molecule is CC(C)NC(C)(CO)CCCSc1nncn1C. The van der Waals surface area contributed by atoms with Crippen LogP contribution in [0.4, 0.5) is 0 Å². The fourth-order valence-corrected chi connectivity index (χ4v) is 2.75. The van der Waals surface area contributed by atoms with Crippen LogP contribution < -0.4 is 5.32 Å². The Balaban J connectivity index is 2.29. The first-order valence-electron chi connectivity index (χ1n) is 6.32. The highest BCUT2D eigenvalue weighted by atomic mass is 32.2. The van der Waals surface area contributed by atoms with Gasteiger partial charge in [-0.25, -0.2) is 0 Å². The molecule has 0 aliphatic carbocycles. The Hall–Kier alpha value is -0.590. The van der Waals surface area contributed by atoms with E-state index in [4.69, 9.17) is 0 Å². The standard InChI is InChI=1S/C12H24N4OS/c1-10(2)14-12(3,8-17)6-5-7-18-11-15-13-9-16(11)4/h9-10,14,17H,5-8H2,1-4H3. The van der Waals surface area contributed by atoms with Gasteiger partial charge < -0.3 is 15.0 Å². The Morgan fingerprint density at radius 3 is 2.78 bits per heavy atom. The highest BCUT2D eigenvalue weighted by Gasteiger charge is 2.23. The van der Waals surface area contributed by atoms with Crippen LogP contribution >= 0.6 is 11.8 Å². The van der Waals surface area contributed by atoms with Gasteiger partial charge in [0, 0.05) is 24.4 Å². The minimum Gasteiger partial charge on any atom is -0.394 e. The first-order valence-corrected chi connectivity index (χ1v) is 7.31. The van der Waals surface area contributed by atoms with E-state index in [1.807, 2.05) is 11.6 Å². The number of nitrogens with one attached hydrogen (secondary N) is 1. The molecule has 0 spiro atoms. The number of hydrogen-bond acceptors (Lipinski definition) is 5. The molecule has 1 heterocycles. The van der Waals surface area contributed by atoms with Crippen LogP contribution in [0.1, 0.15) is 33.6 Å². The van der Waals surface area contributed by atoms with Crippen LogP contribution in [0, 0.1) is 0 Å². The fraction of sp³-hybridized carbons (Fsp3) is 0.833. The van der Waals surface area contributed by atoms with Gasteiger partial charge >= 0.3 is 0 Å². The highest BCUT2D eigenvalue weighted by molar-refractivity contribution is 7.99. The second-order valence-electron chi connectivity index (χ2n) is 5.19. The molecule has 1 rings (SSSR count). The summed E-state index contributed by atoms with van der Waals surface area (Å²) >= 11 is 1.70. The highest BCUT2D eigenvalue weighted by Crippen LogP contribution is 2.19. The average Bonchev–Trinajstić information content (AvgIpc) is 2.70. The zero-order valence-electron chi connectivity index (χ0n) is 11.7. The van der Waals surface area contributed by atoms with Crippen molar-refractivity contribution in [2.45, 2.75) is 50.4 Å². The number of thioether (sulfide) groups is 1. The third-order valence-electron chi connectivity index (χ3n) is 2.76. The number of hydrogen-bond donors (Lipinski definition) is 2. The number of aryl methyl sites for hydroxylation is 1. The molecule has 1 unspecified atom stereocenters.